The predicted molar refractivity (Wildman–Crippen MR) is 54.9 cm³/mol. The molecule has 1 aliphatic rings. The lowest BCUT2D eigenvalue weighted by atomic mass is 10.2. The van der Waals surface area contributed by atoms with Crippen molar-refractivity contribution in [1.29, 1.82) is 0 Å². The number of hydrogen-bond donors (Lipinski definition) is 0. The zero-order valence-corrected chi connectivity index (χ0v) is 7.59. The molecule has 0 unspecified atom stereocenters. The molecule has 3 rings (SSSR count). The molecule has 0 amide bonds. The van der Waals surface area contributed by atoms with Crippen molar-refractivity contribution >= 4 is 6.21 Å². The van der Waals surface area contributed by atoms with Crippen LogP contribution in [-0.2, 0) is 6.54 Å². The first-order chi connectivity index (χ1) is 6.95. The molecule has 0 bridgehead atoms. The van der Waals surface area contributed by atoms with Crippen molar-refractivity contribution in [2.45, 2.75) is 6.54 Å². The van der Waals surface area contributed by atoms with Crippen LogP contribution in [0.2, 0.25) is 0 Å². The molecule has 3 heteroatoms. The maximum Gasteiger partial charge on any atom is 0.0847 e. The van der Waals surface area contributed by atoms with Gasteiger partial charge in [-0.05, 0) is 17.7 Å². The topological polar surface area (TPSA) is 30.2 Å². The van der Waals surface area contributed by atoms with E-state index in [-0.39, 0.29) is 0 Å². The summed E-state index contributed by atoms with van der Waals surface area (Å²) in [6, 6.07) is 10.2. The highest BCUT2D eigenvalue weighted by Gasteiger charge is 2.09. The van der Waals surface area contributed by atoms with Crippen LogP contribution in [0.5, 0.6) is 0 Å². The van der Waals surface area contributed by atoms with E-state index in [1.54, 1.807) is 6.20 Å². The molecule has 14 heavy (non-hydrogen) atoms. The van der Waals surface area contributed by atoms with Crippen LogP contribution in [0.15, 0.2) is 41.5 Å². The van der Waals surface area contributed by atoms with E-state index in [1.807, 2.05) is 29.1 Å². The second-order valence-electron chi connectivity index (χ2n) is 3.27. The van der Waals surface area contributed by atoms with Crippen LogP contribution >= 0.6 is 0 Å². The standard InChI is InChI=1S/C11H9N3/c1-2-4-11-9(3-1)7-12-8-10-5-6-13-14(10)11/h1-6,8H,7H2. The third kappa shape index (κ3) is 0.988. The molecule has 1 aromatic heterocycles. The monoisotopic (exact) mass is 183 g/mol. The molecule has 0 radical (unpaired) electrons. The summed E-state index contributed by atoms with van der Waals surface area (Å²) in [4.78, 5) is 4.34. The van der Waals surface area contributed by atoms with Crippen LogP contribution in [0, 0.1) is 0 Å². The van der Waals surface area contributed by atoms with Gasteiger partial charge in [-0.25, -0.2) is 4.68 Å². The van der Waals surface area contributed by atoms with E-state index in [4.69, 9.17) is 0 Å². The van der Waals surface area contributed by atoms with Crippen molar-refractivity contribution in [3.05, 3.63) is 47.8 Å². The van der Waals surface area contributed by atoms with Gasteiger partial charge >= 0.3 is 0 Å². The van der Waals surface area contributed by atoms with Crippen molar-refractivity contribution in [2.24, 2.45) is 4.99 Å². The van der Waals surface area contributed by atoms with Gasteiger partial charge in [0.15, 0.2) is 0 Å². The Kier molecular flexibility index (Phi) is 1.50. The van der Waals surface area contributed by atoms with E-state index in [0.29, 0.717) is 0 Å². The Bertz CT molecular complexity index is 497. The van der Waals surface area contributed by atoms with Gasteiger partial charge in [0.2, 0.25) is 0 Å². The van der Waals surface area contributed by atoms with Gasteiger partial charge in [-0.2, -0.15) is 5.10 Å². The lowest BCUT2D eigenvalue weighted by Crippen LogP contribution is -2.01. The van der Waals surface area contributed by atoms with Crippen molar-refractivity contribution in [3.8, 4) is 5.69 Å². The van der Waals surface area contributed by atoms with E-state index in [0.717, 1.165) is 17.9 Å². The number of aliphatic imine (C=N–C) groups is 1. The summed E-state index contributed by atoms with van der Waals surface area (Å²) >= 11 is 0. The summed E-state index contributed by atoms with van der Waals surface area (Å²) in [7, 11) is 0. The quantitative estimate of drug-likeness (QED) is 0.612. The highest BCUT2D eigenvalue weighted by molar-refractivity contribution is 5.79. The second-order valence-corrected chi connectivity index (χ2v) is 3.27. The maximum atomic E-state index is 4.34. The molecule has 0 N–H and O–H groups in total. The van der Waals surface area contributed by atoms with E-state index >= 15 is 0 Å². The number of fused-ring (bicyclic) bond motifs is 3. The van der Waals surface area contributed by atoms with Gasteiger partial charge in [-0.1, -0.05) is 18.2 Å². The zero-order chi connectivity index (χ0) is 9.38. The Hall–Kier alpha value is -1.90. The molecule has 1 aromatic carbocycles. The summed E-state index contributed by atoms with van der Waals surface area (Å²) in [5, 5.41) is 4.28. The van der Waals surface area contributed by atoms with Gasteiger partial charge < -0.3 is 0 Å². The Morgan fingerprint density at radius 2 is 2.07 bits per heavy atom. The van der Waals surface area contributed by atoms with Gasteiger partial charge in [0, 0.05) is 6.21 Å². The largest absolute Gasteiger partial charge is 0.286 e. The van der Waals surface area contributed by atoms with Crippen LogP contribution in [0.4, 0.5) is 0 Å². The van der Waals surface area contributed by atoms with Gasteiger partial charge in [0.25, 0.3) is 0 Å². The first-order valence-electron chi connectivity index (χ1n) is 4.57. The Balaban J connectivity index is 2.33. The lowest BCUT2D eigenvalue weighted by Gasteiger charge is -2.05. The molecule has 0 fully saturated rings. The average Bonchev–Trinajstić information content (AvgIpc) is 2.61. The smallest absolute Gasteiger partial charge is 0.0847 e. The zero-order valence-electron chi connectivity index (χ0n) is 7.59. The molecule has 2 aromatic rings. The van der Waals surface area contributed by atoms with E-state index in [9.17, 15) is 0 Å². The van der Waals surface area contributed by atoms with Crippen molar-refractivity contribution in [2.75, 3.05) is 0 Å². The van der Waals surface area contributed by atoms with E-state index in [2.05, 4.69) is 22.2 Å². The molecule has 0 saturated carbocycles. The van der Waals surface area contributed by atoms with Crippen LogP contribution in [0.1, 0.15) is 11.3 Å². The minimum atomic E-state index is 0.736. The Labute approximate surface area is 81.7 Å². The summed E-state index contributed by atoms with van der Waals surface area (Å²) in [6.07, 6.45) is 3.66. The minimum absolute atomic E-state index is 0.736. The average molecular weight is 183 g/mol. The van der Waals surface area contributed by atoms with Crippen molar-refractivity contribution in [1.82, 2.24) is 9.78 Å². The first kappa shape index (κ1) is 7.50. The Morgan fingerprint density at radius 3 is 3.07 bits per heavy atom. The molecule has 0 atom stereocenters. The summed E-state index contributed by atoms with van der Waals surface area (Å²) < 4.78 is 1.92. The normalized spacial score (nSPS) is 13.1. The highest BCUT2D eigenvalue weighted by atomic mass is 15.3. The SMILES string of the molecule is C1=NCc2ccccc2-n2nccc21. The van der Waals surface area contributed by atoms with Gasteiger partial charge in [0.1, 0.15) is 0 Å². The molecule has 2 heterocycles. The van der Waals surface area contributed by atoms with Crippen LogP contribution in [0.25, 0.3) is 5.69 Å². The predicted octanol–water partition coefficient (Wildman–Crippen LogP) is 1.80. The lowest BCUT2D eigenvalue weighted by molar-refractivity contribution is 0.864. The van der Waals surface area contributed by atoms with Gasteiger partial charge in [0.05, 0.1) is 24.1 Å². The molecule has 1 aliphatic heterocycles. The molecular formula is C11H9N3. The molecule has 0 aliphatic carbocycles. The van der Waals surface area contributed by atoms with Crippen molar-refractivity contribution in [3.63, 3.8) is 0 Å². The number of rotatable bonds is 0. The summed E-state index contributed by atoms with van der Waals surface area (Å²) in [5.41, 5.74) is 3.38. The number of hydrogen-bond acceptors (Lipinski definition) is 2. The molecule has 0 saturated heterocycles. The van der Waals surface area contributed by atoms with Crippen LogP contribution < -0.4 is 0 Å². The van der Waals surface area contributed by atoms with E-state index < -0.39 is 0 Å². The van der Waals surface area contributed by atoms with Crippen molar-refractivity contribution < 1.29 is 0 Å². The number of aromatic nitrogens is 2. The fourth-order valence-corrected chi connectivity index (χ4v) is 1.70. The fraction of sp³-hybridized carbons (Fsp3) is 0.0909. The fourth-order valence-electron chi connectivity index (χ4n) is 1.70. The first-order valence-corrected chi connectivity index (χ1v) is 4.57. The third-order valence-electron chi connectivity index (χ3n) is 2.38. The molecule has 0 spiro atoms. The van der Waals surface area contributed by atoms with Crippen LogP contribution in [0.3, 0.4) is 0 Å². The second kappa shape index (κ2) is 2.80. The van der Waals surface area contributed by atoms with E-state index in [1.165, 1.54) is 5.56 Å². The van der Waals surface area contributed by atoms with Crippen LogP contribution in [-0.4, -0.2) is 16.0 Å². The number of benzene rings is 1. The molecular weight excluding hydrogens is 174 g/mol. The number of para-hydroxylation sites is 1. The number of nitrogens with zero attached hydrogens (tertiary/aromatic N) is 3. The van der Waals surface area contributed by atoms with Gasteiger partial charge in [-0.3, -0.25) is 4.99 Å². The maximum absolute atomic E-state index is 4.34. The molecule has 3 nitrogen and oxygen atoms in total. The summed E-state index contributed by atoms with van der Waals surface area (Å²) in [5.74, 6) is 0. The highest BCUT2D eigenvalue weighted by Crippen LogP contribution is 2.18. The summed E-state index contributed by atoms with van der Waals surface area (Å²) in [6.45, 7) is 0.736. The third-order valence-corrected chi connectivity index (χ3v) is 2.38. The van der Waals surface area contributed by atoms with Gasteiger partial charge in [-0.15, -0.1) is 0 Å². The molecule has 68 valence electrons. The minimum Gasteiger partial charge on any atom is -0.286 e. The Morgan fingerprint density at radius 1 is 1.14 bits per heavy atom.